The van der Waals surface area contributed by atoms with E-state index in [0.29, 0.717) is 6.54 Å². The molecule has 0 unspecified atom stereocenters. The number of anilines is 2. The summed E-state index contributed by atoms with van der Waals surface area (Å²) in [4.78, 5) is 27.2. The highest BCUT2D eigenvalue weighted by molar-refractivity contribution is 9.10. The van der Waals surface area contributed by atoms with Crippen LogP contribution in [0, 0.1) is 5.92 Å². The van der Waals surface area contributed by atoms with E-state index in [0.717, 1.165) is 42.2 Å². The fraction of sp³-hybridized carbons (Fsp3) is 0.467. The maximum absolute atomic E-state index is 12.1. The molecule has 2 N–H and O–H groups in total. The van der Waals surface area contributed by atoms with Crippen LogP contribution in [-0.2, 0) is 14.3 Å². The summed E-state index contributed by atoms with van der Waals surface area (Å²) in [6.07, 6.45) is 0.193. The number of morpholine rings is 1. The summed E-state index contributed by atoms with van der Waals surface area (Å²) >= 11 is 3.58. The molecule has 1 aromatic carbocycles. The number of primary amides is 1. The summed E-state index contributed by atoms with van der Waals surface area (Å²) in [5, 5.41) is 0. The zero-order chi connectivity index (χ0) is 15.7. The Morgan fingerprint density at radius 1 is 1.32 bits per heavy atom. The Labute approximate surface area is 137 Å². The van der Waals surface area contributed by atoms with Crippen molar-refractivity contribution >= 4 is 39.1 Å². The minimum atomic E-state index is -0.417. The van der Waals surface area contributed by atoms with Crippen molar-refractivity contribution in [2.45, 2.75) is 6.42 Å². The molecule has 118 valence electrons. The van der Waals surface area contributed by atoms with E-state index < -0.39 is 11.8 Å². The molecule has 7 heteroatoms. The standard InChI is InChI=1S/C15H18BrN3O3/c16-12-8-11(19-9-10(15(17)21)7-14(19)20)1-2-13(12)18-3-5-22-6-4-18/h1-2,8,10H,3-7,9H2,(H2,17,21)/t10-/m1/s1. The van der Waals surface area contributed by atoms with Crippen LogP contribution < -0.4 is 15.5 Å². The molecule has 2 fully saturated rings. The lowest BCUT2D eigenvalue weighted by molar-refractivity contribution is -0.123. The number of ether oxygens (including phenoxy) is 1. The van der Waals surface area contributed by atoms with Gasteiger partial charge in [-0.15, -0.1) is 0 Å². The van der Waals surface area contributed by atoms with Crippen molar-refractivity contribution in [2.75, 3.05) is 42.6 Å². The molecule has 0 bridgehead atoms. The lowest BCUT2D eigenvalue weighted by Crippen LogP contribution is -2.36. The summed E-state index contributed by atoms with van der Waals surface area (Å²) in [6, 6.07) is 5.83. The van der Waals surface area contributed by atoms with Crippen LogP contribution in [0.2, 0.25) is 0 Å². The van der Waals surface area contributed by atoms with Crippen LogP contribution in [-0.4, -0.2) is 44.7 Å². The molecule has 3 rings (SSSR count). The molecule has 2 aliphatic rings. The minimum Gasteiger partial charge on any atom is -0.378 e. The van der Waals surface area contributed by atoms with Crippen LogP contribution in [0.5, 0.6) is 0 Å². The summed E-state index contributed by atoms with van der Waals surface area (Å²) in [5.74, 6) is -0.875. The number of amides is 2. The fourth-order valence-corrected chi connectivity index (χ4v) is 3.49. The third kappa shape index (κ3) is 2.96. The van der Waals surface area contributed by atoms with E-state index >= 15 is 0 Å². The second-order valence-corrected chi connectivity index (χ2v) is 6.40. The quantitative estimate of drug-likeness (QED) is 0.868. The molecular weight excluding hydrogens is 350 g/mol. The minimum absolute atomic E-state index is 0.0603. The number of nitrogens with zero attached hydrogens (tertiary/aromatic N) is 2. The molecular formula is C15H18BrN3O3. The van der Waals surface area contributed by atoms with Gasteiger partial charge in [0.1, 0.15) is 0 Å². The number of halogens is 1. The van der Waals surface area contributed by atoms with Crippen molar-refractivity contribution in [3.05, 3.63) is 22.7 Å². The van der Waals surface area contributed by atoms with Gasteiger partial charge in [0.25, 0.3) is 0 Å². The van der Waals surface area contributed by atoms with Crippen molar-refractivity contribution in [3.63, 3.8) is 0 Å². The highest BCUT2D eigenvalue weighted by Crippen LogP contribution is 2.33. The molecule has 2 amide bonds. The summed E-state index contributed by atoms with van der Waals surface area (Å²) in [6.45, 7) is 3.50. The Morgan fingerprint density at radius 2 is 2.05 bits per heavy atom. The van der Waals surface area contributed by atoms with Crippen LogP contribution >= 0.6 is 15.9 Å². The first-order chi connectivity index (χ1) is 10.6. The maximum Gasteiger partial charge on any atom is 0.227 e. The molecule has 0 aliphatic carbocycles. The van der Waals surface area contributed by atoms with Crippen LogP contribution in [0.25, 0.3) is 0 Å². The molecule has 1 aromatic rings. The van der Waals surface area contributed by atoms with Gasteiger partial charge in [0.15, 0.2) is 0 Å². The molecule has 2 heterocycles. The lowest BCUT2D eigenvalue weighted by Gasteiger charge is -2.30. The Morgan fingerprint density at radius 3 is 2.64 bits per heavy atom. The lowest BCUT2D eigenvalue weighted by atomic mass is 10.1. The van der Waals surface area contributed by atoms with Gasteiger partial charge in [0.05, 0.1) is 24.8 Å². The number of carbonyl (C=O) groups excluding carboxylic acids is 2. The average Bonchev–Trinajstić information content (AvgIpc) is 2.90. The van der Waals surface area contributed by atoms with Gasteiger partial charge < -0.3 is 20.3 Å². The smallest absolute Gasteiger partial charge is 0.227 e. The van der Waals surface area contributed by atoms with E-state index in [1.807, 2.05) is 18.2 Å². The zero-order valence-electron chi connectivity index (χ0n) is 12.1. The van der Waals surface area contributed by atoms with Crippen molar-refractivity contribution in [1.82, 2.24) is 0 Å². The number of rotatable bonds is 3. The number of hydrogen-bond acceptors (Lipinski definition) is 4. The Balaban J connectivity index is 1.80. The summed E-state index contributed by atoms with van der Waals surface area (Å²) < 4.78 is 6.29. The fourth-order valence-electron chi connectivity index (χ4n) is 2.87. The molecule has 2 aliphatic heterocycles. The van der Waals surface area contributed by atoms with Crippen molar-refractivity contribution < 1.29 is 14.3 Å². The van der Waals surface area contributed by atoms with E-state index in [2.05, 4.69) is 20.8 Å². The zero-order valence-corrected chi connectivity index (χ0v) is 13.7. The van der Waals surface area contributed by atoms with Crippen molar-refractivity contribution in [2.24, 2.45) is 11.7 Å². The van der Waals surface area contributed by atoms with Crippen molar-refractivity contribution in [1.29, 1.82) is 0 Å². The van der Waals surface area contributed by atoms with E-state index in [9.17, 15) is 9.59 Å². The maximum atomic E-state index is 12.1. The highest BCUT2D eigenvalue weighted by atomic mass is 79.9. The molecule has 1 atom stereocenters. The van der Waals surface area contributed by atoms with Crippen molar-refractivity contribution in [3.8, 4) is 0 Å². The molecule has 0 aromatic heterocycles. The molecule has 0 radical (unpaired) electrons. The highest BCUT2D eigenvalue weighted by Gasteiger charge is 2.34. The average molecular weight is 368 g/mol. The monoisotopic (exact) mass is 367 g/mol. The van der Waals surface area contributed by atoms with E-state index in [1.54, 1.807) is 4.90 Å². The summed E-state index contributed by atoms with van der Waals surface area (Å²) in [7, 11) is 0. The molecule has 0 saturated carbocycles. The number of hydrogen-bond donors (Lipinski definition) is 1. The Kier molecular flexibility index (Phi) is 4.35. The second kappa shape index (κ2) is 6.26. The first kappa shape index (κ1) is 15.3. The first-order valence-electron chi connectivity index (χ1n) is 7.28. The number of carbonyl (C=O) groups is 2. The van der Waals surface area contributed by atoms with Gasteiger partial charge in [-0.2, -0.15) is 0 Å². The number of nitrogens with two attached hydrogens (primary N) is 1. The predicted molar refractivity (Wildman–Crippen MR) is 86.8 cm³/mol. The summed E-state index contributed by atoms with van der Waals surface area (Å²) in [5.41, 5.74) is 7.18. The third-order valence-electron chi connectivity index (χ3n) is 4.12. The van der Waals surface area contributed by atoms with Crippen LogP contribution in [0.15, 0.2) is 22.7 Å². The first-order valence-corrected chi connectivity index (χ1v) is 8.07. The Bertz CT molecular complexity index is 602. The van der Waals surface area contributed by atoms with Gasteiger partial charge in [-0.1, -0.05) is 0 Å². The van der Waals surface area contributed by atoms with Gasteiger partial charge in [-0.05, 0) is 34.1 Å². The molecule has 2 saturated heterocycles. The normalized spacial score (nSPS) is 22.2. The van der Waals surface area contributed by atoms with Gasteiger partial charge in [0, 0.05) is 36.2 Å². The molecule has 6 nitrogen and oxygen atoms in total. The number of benzene rings is 1. The Hall–Kier alpha value is -1.60. The van der Waals surface area contributed by atoms with Crippen LogP contribution in [0.4, 0.5) is 11.4 Å². The van der Waals surface area contributed by atoms with E-state index in [1.165, 1.54) is 0 Å². The van der Waals surface area contributed by atoms with Crippen LogP contribution in [0.1, 0.15) is 6.42 Å². The van der Waals surface area contributed by atoms with Crippen LogP contribution in [0.3, 0.4) is 0 Å². The van der Waals surface area contributed by atoms with Gasteiger partial charge >= 0.3 is 0 Å². The second-order valence-electron chi connectivity index (χ2n) is 5.54. The van der Waals surface area contributed by atoms with Gasteiger partial charge in [-0.3, -0.25) is 9.59 Å². The molecule has 0 spiro atoms. The van der Waals surface area contributed by atoms with Gasteiger partial charge in [0.2, 0.25) is 11.8 Å². The largest absolute Gasteiger partial charge is 0.378 e. The molecule has 22 heavy (non-hydrogen) atoms. The van der Waals surface area contributed by atoms with Gasteiger partial charge in [-0.25, -0.2) is 0 Å². The third-order valence-corrected chi connectivity index (χ3v) is 4.76. The van der Waals surface area contributed by atoms with E-state index in [-0.39, 0.29) is 12.3 Å². The SMILES string of the molecule is NC(=O)[C@@H]1CC(=O)N(c2ccc(N3CCOCC3)c(Br)c2)C1. The van der Waals surface area contributed by atoms with E-state index in [4.69, 9.17) is 10.5 Å². The predicted octanol–water partition coefficient (Wildman–Crippen LogP) is 1.12. The topological polar surface area (TPSA) is 75.9 Å².